The quantitative estimate of drug-likeness (QED) is 0.0994. The average Bonchev–Trinajstić information content (AvgIpc) is 3.93. The van der Waals surface area contributed by atoms with Crippen LogP contribution >= 0.6 is 0 Å². The van der Waals surface area contributed by atoms with Crippen LogP contribution in [0.25, 0.3) is 0 Å². The number of imide groups is 1. The van der Waals surface area contributed by atoms with Gasteiger partial charge in [-0.2, -0.15) is 4.98 Å². The molecular weight excluding hydrogens is 791 g/mol. The van der Waals surface area contributed by atoms with Gasteiger partial charge in [0.1, 0.15) is 23.5 Å². The van der Waals surface area contributed by atoms with Crippen LogP contribution in [-0.2, 0) is 25.7 Å². The Hall–Kier alpha value is -6.05. The lowest BCUT2D eigenvalue weighted by molar-refractivity contribution is -0.137. The van der Waals surface area contributed by atoms with Gasteiger partial charge < -0.3 is 39.7 Å². The number of methoxy groups -OCH3 is 1. The van der Waals surface area contributed by atoms with Crippen LogP contribution in [0.15, 0.2) is 42.6 Å². The molecule has 4 aliphatic rings. The van der Waals surface area contributed by atoms with E-state index in [4.69, 9.17) is 14.5 Å². The Balaban J connectivity index is 0.806. The molecule has 3 N–H and O–H groups in total. The van der Waals surface area contributed by atoms with E-state index in [1.54, 1.807) is 60.5 Å². The molecule has 16 nitrogen and oxygen atoms in total. The minimum atomic E-state index is -0.653. The fourth-order valence-corrected chi connectivity index (χ4v) is 8.71. The number of rotatable bonds is 17. The molecule has 5 amide bonds. The van der Waals surface area contributed by atoms with E-state index in [-0.39, 0.29) is 42.1 Å². The molecule has 0 radical (unpaired) electrons. The van der Waals surface area contributed by atoms with Crippen LogP contribution in [0.2, 0.25) is 0 Å². The summed E-state index contributed by atoms with van der Waals surface area (Å²) in [6.45, 7) is 5.53. The number of hydrogen-bond acceptors (Lipinski definition) is 12. The molecule has 3 aromatic rings. The van der Waals surface area contributed by atoms with Crippen LogP contribution in [0, 0.1) is 11.8 Å². The number of carbonyl (C=O) groups excluding carboxylic acids is 5. The number of aromatic nitrogens is 2. The van der Waals surface area contributed by atoms with Crippen molar-refractivity contribution in [2.45, 2.75) is 95.8 Å². The molecule has 4 heterocycles. The highest BCUT2D eigenvalue weighted by molar-refractivity contribution is 6.06. The second kappa shape index (κ2) is 20.2. The van der Waals surface area contributed by atoms with E-state index in [1.165, 1.54) is 0 Å². The third-order valence-corrected chi connectivity index (χ3v) is 12.1. The normalized spacial score (nSPS) is 18.7. The number of benzene rings is 2. The number of ether oxygens (including phenoxy) is 2. The Bertz CT molecular complexity index is 2230. The molecule has 62 heavy (non-hydrogen) atoms. The van der Waals surface area contributed by atoms with Crippen molar-refractivity contribution in [2.24, 2.45) is 0 Å². The van der Waals surface area contributed by atoms with Crippen molar-refractivity contribution < 1.29 is 33.4 Å². The predicted molar refractivity (Wildman–Crippen MR) is 234 cm³/mol. The van der Waals surface area contributed by atoms with Gasteiger partial charge >= 0.3 is 0 Å². The van der Waals surface area contributed by atoms with Crippen molar-refractivity contribution in [2.75, 3.05) is 69.2 Å². The van der Waals surface area contributed by atoms with Crippen molar-refractivity contribution >= 4 is 52.7 Å². The number of anilines is 4. The first kappa shape index (κ1) is 44.0. The van der Waals surface area contributed by atoms with E-state index in [0.717, 1.165) is 68.6 Å². The molecule has 0 bridgehead atoms. The van der Waals surface area contributed by atoms with Gasteiger partial charge in [-0.1, -0.05) is 37.7 Å². The summed E-state index contributed by atoms with van der Waals surface area (Å²) in [7, 11) is 5.36. The van der Waals surface area contributed by atoms with Crippen LogP contribution in [0.5, 0.6) is 5.75 Å². The maximum absolute atomic E-state index is 13.3. The van der Waals surface area contributed by atoms with Crippen molar-refractivity contribution in [3.8, 4) is 17.6 Å². The molecule has 1 aromatic heterocycles. The monoisotopic (exact) mass is 847 g/mol. The van der Waals surface area contributed by atoms with Crippen LogP contribution in [0.1, 0.15) is 103 Å². The van der Waals surface area contributed by atoms with E-state index >= 15 is 0 Å². The summed E-state index contributed by atoms with van der Waals surface area (Å²) in [4.78, 5) is 80.4. The van der Waals surface area contributed by atoms with E-state index in [9.17, 15) is 24.0 Å². The van der Waals surface area contributed by atoms with Gasteiger partial charge in [-0.25, -0.2) is 4.98 Å². The Morgan fingerprint density at radius 2 is 1.87 bits per heavy atom. The molecule has 2 aromatic carbocycles. The van der Waals surface area contributed by atoms with E-state index in [0.29, 0.717) is 79.8 Å². The fourth-order valence-electron chi connectivity index (χ4n) is 8.71. The highest BCUT2D eigenvalue weighted by Crippen LogP contribution is 2.40. The lowest BCUT2D eigenvalue weighted by atomic mass is 10.0. The number of piperidine rings is 1. The minimum Gasteiger partial charge on any atom is -0.495 e. The Morgan fingerprint density at radius 3 is 2.65 bits per heavy atom. The molecule has 3 aliphatic heterocycles. The molecule has 1 unspecified atom stereocenters. The first-order valence-corrected chi connectivity index (χ1v) is 21.8. The molecule has 2 fully saturated rings. The first-order chi connectivity index (χ1) is 30.1. The number of carbonyl (C=O) groups is 5. The zero-order valence-corrected chi connectivity index (χ0v) is 36.1. The van der Waals surface area contributed by atoms with Crippen LogP contribution < -0.4 is 30.5 Å². The molecular formula is C46H57N9O7. The Morgan fingerprint density at radius 1 is 1.05 bits per heavy atom. The van der Waals surface area contributed by atoms with Gasteiger partial charge in [0.15, 0.2) is 5.82 Å². The predicted octanol–water partition coefficient (Wildman–Crippen LogP) is 4.39. The number of unbranched alkanes of at least 4 members (excludes halogenated alkanes) is 1. The highest BCUT2D eigenvalue weighted by Gasteiger charge is 2.42. The van der Waals surface area contributed by atoms with Gasteiger partial charge in [0, 0.05) is 68.9 Å². The summed E-state index contributed by atoms with van der Waals surface area (Å²) in [5.41, 5.74) is 3.94. The maximum Gasteiger partial charge on any atom is 0.255 e. The molecule has 16 heteroatoms. The van der Waals surface area contributed by atoms with Crippen molar-refractivity contribution in [3.63, 3.8) is 0 Å². The lowest BCUT2D eigenvalue weighted by Gasteiger charge is -2.43. The number of fused-ring (bicyclic) bond motifs is 2. The number of likely N-dealkylation sites (N-methyl/N-ethyl adjacent to an activating group) is 2. The molecule has 328 valence electrons. The molecule has 1 aliphatic carbocycles. The average molecular weight is 848 g/mol. The second-order valence-electron chi connectivity index (χ2n) is 16.3. The van der Waals surface area contributed by atoms with Gasteiger partial charge in [0.2, 0.25) is 23.7 Å². The van der Waals surface area contributed by atoms with Crippen molar-refractivity contribution in [1.29, 1.82) is 0 Å². The number of hydrogen-bond donors (Lipinski definition) is 3. The molecule has 1 saturated carbocycles. The SMILES string of the molecule is CC[C@@H]1C(=O)N(C)c2cnc(Nc3ccc(C(=O)NCCCN(C)CCOCCCC#Cc4cccc5c4CN(C4CCC(=O)NC4=O)C5=O)cc3OC)nc2N1C1CCCC1. The molecule has 0 spiro atoms. The topological polar surface area (TPSA) is 179 Å². The number of nitrogens with one attached hydrogen (secondary N) is 3. The summed E-state index contributed by atoms with van der Waals surface area (Å²) in [6.07, 6.45) is 9.45. The van der Waals surface area contributed by atoms with Crippen molar-refractivity contribution in [3.05, 3.63) is 64.8 Å². The largest absolute Gasteiger partial charge is 0.495 e. The lowest BCUT2D eigenvalue weighted by Crippen LogP contribution is -2.55. The minimum absolute atomic E-state index is 0.0649. The second-order valence-corrected chi connectivity index (χ2v) is 16.3. The van der Waals surface area contributed by atoms with E-state index in [1.807, 2.05) is 20.0 Å². The zero-order chi connectivity index (χ0) is 43.8. The highest BCUT2D eigenvalue weighted by atomic mass is 16.5. The van der Waals surface area contributed by atoms with Crippen LogP contribution in [-0.4, -0.2) is 121 Å². The van der Waals surface area contributed by atoms with Gasteiger partial charge in [-0.15, -0.1) is 0 Å². The standard InChI is InChI=1S/C46H57N9O7/c1-5-36-45(60)53(3)38-28-48-46(51-41(38)55(36)32-15-8-9-16-32)49-35-19-18-31(27-39(35)61-4)42(57)47-22-12-23-52(2)24-26-62-25-10-6-7-13-30-14-11-17-33-34(30)29-54(44(33)59)37-20-21-40(56)50-43(37)58/h11,14,17-19,27-28,32,36-37H,5-6,8-10,12,15-16,20-26,29H2,1-4H3,(H,47,57)(H,48,49,51)(H,50,56,58)/t36-,37?/m1/s1. The van der Waals surface area contributed by atoms with Gasteiger partial charge in [-0.05, 0) is 88.0 Å². The third kappa shape index (κ3) is 9.85. The van der Waals surface area contributed by atoms with Gasteiger partial charge in [0.25, 0.3) is 11.8 Å². The smallest absolute Gasteiger partial charge is 0.255 e. The number of nitrogens with zero attached hydrogens (tertiary/aromatic N) is 6. The van der Waals surface area contributed by atoms with Gasteiger partial charge in [0.05, 0.1) is 25.6 Å². The fraction of sp³-hybridized carbons (Fsp3) is 0.500. The maximum atomic E-state index is 13.3. The Kier molecular flexibility index (Phi) is 14.4. The zero-order valence-electron chi connectivity index (χ0n) is 36.1. The van der Waals surface area contributed by atoms with Crippen LogP contribution in [0.4, 0.5) is 23.1 Å². The molecule has 2 atom stereocenters. The van der Waals surface area contributed by atoms with Crippen LogP contribution in [0.3, 0.4) is 0 Å². The summed E-state index contributed by atoms with van der Waals surface area (Å²) in [5, 5.41) is 8.62. The third-order valence-electron chi connectivity index (χ3n) is 12.1. The first-order valence-electron chi connectivity index (χ1n) is 21.8. The van der Waals surface area contributed by atoms with E-state index < -0.39 is 11.9 Å². The summed E-state index contributed by atoms with van der Waals surface area (Å²) in [5.74, 6) is 6.95. The summed E-state index contributed by atoms with van der Waals surface area (Å²) in [6, 6.07) is 10.0. The van der Waals surface area contributed by atoms with Crippen molar-refractivity contribution in [1.82, 2.24) is 30.4 Å². The summed E-state index contributed by atoms with van der Waals surface area (Å²) < 4.78 is 11.5. The van der Waals surface area contributed by atoms with Gasteiger partial charge in [-0.3, -0.25) is 29.3 Å². The number of amides is 5. The van der Waals surface area contributed by atoms with E-state index in [2.05, 4.69) is 42.6 Å². The Labute approximate surface area is 363 Å². The molecule has 1 saturated heterocycles. The summed E-state index contributed by atoms with van der Waals surface area (Å²) >= 11 is 0. The molecule has 7 rings (SSSR count).